The number of likely N-dealkylation sites (N-methyl/N-ethyl adjacent to an activating group) is 1. The predicted molar refractivity (Wildman–Crippen MR) is 139 cm³/mol. The van der Waals surface area contributed by atoms with Crippen LogP contribution in [0.4, 0.5) is 5.69 Å². The highest BCUT2D eigenvalue weighted by atomic mass is 35.5. The van der Waals surface area contributed by atoms with Crippen LogP contribution < -0.4 is 5.32 Å². The van der Waals surface area contributed by atoms with Crippen LogP contribution in [0, 0.1) is 0 Å². The monoisotopic (exact) mass is 507 g/mol. The number of carbonyl (C=O) groups is 3. The fourth-order valence-electron chi connectivity index (χ4n) is 4.82. The number of nitrogens with zero attached hydrogens (tertiary/aromatic N) is 2. The van der Waals surface area contributed by atoms with E-state index in [1.165, 1.54) is 23.3 Å². The van der Waals surface area contributed by atoms with Crippen molar-refractivity contribution in [2.45, 2.75) is 24.7 Å². The molecule has 0 spiro atoms. The van der Waals surface area contributed by atoms with Crippen molar-refractivity contribution < 1.29 is 14.4 Å². The molecule has 8 heteroatoms. The minimum atomic E-state index is -0.385. The normalized spacial score (nSPS) is 16.1. The molecule has 1 aliphatic heterocycles. The van der Waals surface area contributed by atoms with E-state index in [2.05, 4.69) is 48.6 Å². The lowest BCUT2D eigenvalue weighted by Crippen LogP contribution is -2.32. The summed E-state index contributed by atoms with van der Waals surface area (Å²) in [6.07, 6.45) is 2.98. The second-order valence-corrected chi connectivity index (χ2v) is 11.2. The van der Waals surface area contributed by atoms with Crippen molar-refractivity contribution in [2.24, 2.45) is 0 Å². The second-order valence-electron chi connectivity index (χ2n) is 9.51. The maximum absolute atomic E-state index is 13.2. The lowest BCUT2D eigenvalue weighted by molar-refractivity contribution is 0.0656. The molecule has 1 N–H and O–H groups in total. The number of thiophene rings is 1. The maximum atomic E-state index is 13.2. The first-order chi connectivity index (χ1) is 16.8. The highest BCUT2D eigenvalue weighted by molar-refractivity contribution is 7.18. The molecule has 1 saturated carbocycles. The molecular weight excluding hydrogens is 482 g/mol. The zero-order valence-electron chi connectivity index (χ0n) is 19.6. The number of imide groups is 1. The van der Waals surface area contributed by atoms with Gasteiger partial charge in [-0.15, -0.1) is 11.3 Å². The maximum Gasteiger partial charge on any atom is 0.265 e. The number of hydrogen-bond acceptors (Lipinski definition) is 5. The van der Waals surface area contributed by atoms with Crippen LogP contribution in [0.1, 0.15) is 54.4 Å². The number of benzene rings is 2. The molecule has 2 heterocycles. The van der Waals surface area contributed by atoms with Gasteiger partial charge in [0.1, 0.15) is 0 Å². The fourth-order valence-corrected chi connectivity index (χ4v) is 5.76. The topological polar surface area (TPSA) is 69.7 Å². The Balaban J connectivity index is 1.27. The number of halogens is 1. The molecule has 6 nitrogen and oxygen atoms in total. The molecule has 0 atom stereocenters. The fraction of sp³-hybridized carbons (Fsp3) is 0.296. The van der Waals surface area contributed by atoms with E-state index in [9.17, 15) is 14.4 Å². The molecule has 180 valence electrons. The molecule has 0 radical (unpaired) electrons. The Labute approximate surface area is 213 Å². The van der Waals surface area contributed by atoms with Gasteiger partial charge in [-0.3, -0.25) is 19.3 Å². The van der Waals surface area contributed by atoms with E-state index in [0.717, 1.165) is 23.4 Å². The van der Waals surface area contributed by atoms with Crippen LogP contribution in [0.5, 0.6) is 0 Å². The van der Waals surface area contributed by atoms with Crippen molar-refractivity contribution in [3.63, 3.8) is 0 Å². The van der Waals surface area contributed by atoms with E-state index >= 15 is 0 Å². The molecule has 3 aromatic rings. The Bertz CT molecular complexity index is 1310. The Morgan fingerprint density at radius 3 is 2.43 bits per heavy atom. The van der Waals surface area contributed by atoms with Gasteiger partial charge < -0.3 is 10.2 Å². The van der Waals surface area contributed by atoms with Gasteiger partial charge in [0, 0.05) is 18.5 Å². The summed E-state index contributed by atoms with van der Waals surface area (Å²) in [4.78, 5) is 42.7. The van der Waals surface area contributed by atoms with Gasteiger partial charge in [0.15, 0.2) is 0 Å². The zero-order chi connectivity index (χ0) is 24.7. The SMILES string of the molecule is CN(C)CC1(c2ccc(CCN3C(=O)c4cccc(NC(=O)c5ccc(Cl)s5)c4C3=O)cc2)CC1. The second kappa shape index (κ2) is 9.22. The standard InChI is InChI=1S/C27H26ClN3O3S/c1-30(2)16-27(13-14-27)18-8-6-17(7-9-18)12-15-31-25(33)19-4-3-5-20(23(19)26(31)34)29-24(32)21-10-11-22(28)35-21/h3-11H,12-16H2,1-2H3,(H,29,32). The Kier molecular flexibility index (Phi) is 6.25. The summed E-state index contributed by atoms with van der Waals surface area (Å²) in [5.74, 6) is -1.08. The number of hydrogen-bond donors (Lipinski definition) is 1. The highest BCUT2D eigenvalue weighted by Crippen LogP contribution is 2.48. The summed E-state index contributed by atoms with van der Waals surface area (Å²) >= 11 is 7.09. The average molecular weight is 508 g/mol. The van der Waals surface area contributed by atoms with E-state index in [-0.39, 0.29) is 35.2 Å². The Morgan fingerprint density at radius 2 is 1.80 bits per heavy atom. The summed E-state index contributed by atoms with van der Waals surface area (Å²) in [6, 6.07) is 16.8. The average Bonchev–Trinajstić information content (AvgIpc) is 3.39. The van der Waals surface area contributed by atoms with E-state index < -0.39 is 0 Å². The largest absolute Gasteiger partial charge is 0.321 e. The molecule has 1 aromatic heterocycles. The third-order valence-corrected chi connectivity index (χ3v) is 7.94. The first-order valence-electron chi connectivity index (χ1n) is 11.6. The molecule has 35 heavy (non-hydrogen) atoms. The van der Waals surface area contributed by atoms with E-state index in [0.29, 0.717) is 26.9 Å². The number of fused-ring (bicyclic) bond motifs is 1. The van der Waals surface area contributed by atoms with E-state index in [1.54, 1.807) is 30.3 Å². The van der Waals surface area contributed by atoms with Crippen LogP contribution in [0.2, 0.25) is 4.34 Å². The molecule has 3 amide bonds. The highest BCUT2D eigenvalue weighted by Gasteiger charge is 2.44. The molecule has 5 rings (SSSR count). The van der Waals surface area contributed by atoms with Crippen LogP contribution in [0.15, 0.2) is 54.6 Å². The van der Waals surface area contributed by atoms with E-state index in [1.807, 2.05) is 0 Å². The van der Waals surface area contributed by atoms with Gasteiger partial charge in [0.2, 0.25) is 0 Å². The summed E-state index contributed by atoms with van der Waals surface area (Å²) in [7, 11) is 4.20. The van der Waals surface area contributed by atoms with Gasteiger partial charge in [-0.05, 0) is 68.8 Å². The van der Waals surface area contributed by atoms with Gasteiger partial charge in [0.05, 0.1) is 26.0 Å². The van der Waals surface area contributed by atoms with Crippen molar-refractivity contribution in [2.75, 3.05) is 32.5 Å². The summed E-state index contributed by atoms with van der Waals surface area (Å²) in [5.41, 5.74) is 3.57. The first-order valence-corrected chi connectivity index (χ1v) is 12.8. The van der Waals surface area contributed by atoms with Gasteiger partial charge >= 0.3 is 0 Å². The number of anilines is 1. The van der Waals surface area contributed by atoms with Crippen molar-refractivity contribution >= 4 is 46.3 Å². The number of rotatable bonds is 8. The minimum Gasteiger partial charge on any atom is -0.321 e. The van der Waals surface area contributed by atoms with Crippen LogP contribution in [-0.4, -0.2) is 54.7 Å². The lowest BCUT2D eigenvalue weighted by atomic mass is 9.94. The molecule has 1 fully saturated rings. The van der Waals surface area contributed by atoms with Crippen LogP contribution in [0.3, 0.4) is 0 Å². The lowest BCUT2D eigenvalue weighted by Gasteiger charge is -2.21. The minimum absolute atomic E-state index is 0.239. The number of carbonyl (C=O) groups excluding carboxylic acids is 3. The van der Waals surface area contributed by atoms with Crippen molar-refractivity contribution in [3.05, 3.63) is 86.1 Å². The summed E-state index contributed by atoms with van der Waals surface area (Å²) in [6.45, 7) is 1.32. The Morgan fingerprint density at radius 1 is 1.06 bits per heavy atom. The van der Waals surface area contributed by atoms with Crippen molar-refractivity contribution in [1.29, 1.82) is 0 Å². The summed E-state index contributed by atoms with van der Waals surface area (Å²) in [5, 5.41) is 2.77. The van der Waals surface area contributed by atoms with Gasteiger partial charge in [-0.1, -0.05) is 41.9 Å². The van der Waals surface area contributed by atoms with Crippen LogP contribution >= 0.6 is 22.9 Å². The Hall–Kier alpha value is -3.00. The number of nitrogens with one attached hydrogen (secondary N) is 1. The van der Waals surface area contributed by atoms with Crippen molar-refractivity contribution in [1.82, 2.24) is 9.80 Å². The number of amides is 3. The van der Waals surface area contributed by atoms with Crippen LogP contribution in [0.25, 0.3) is 0 Å². The zero-order valence-corrected chi connectivity index (χ0v) is 21.2. The smallest absolute Gasteiger partial charge is 0.265 e. The molecule has 0 unspecified atom stereocenters. The molecule has 2 aromatic carbocycles. The predicted octanol–water partition coefficient (Wildman–Crippen LogP) is 5.09. The van der Waals surface area contributed by atoms with Crippen molar-refractivity contribution in [3.8, 4) is 0 Å². The van der Waals surface area contributed by atoms with Gasteiger partial charge in [0.25, 0.3) is 17.7 Å². The molecule has 2 aliphatic rings. The third kappa shape index (κ3) is 4.63. The molecule has 0 bridgehead atoms. The quantitative estimate of drug-likeness (QED) is 0.431. The summed E-state index contributed by atoms with van der Waals surface area (Å²) < 4.78 is 0.504. The molecular formula is C27H26ClN3O3S. The molecule has 1 aliphatic carbocycles. The molecule has 0 saturated heterocycles. The van der Waals surface area contributed by atoms with E-state index in [4.69, 9.17) is 11.6 Å². The first kappa shape index (κ1) is 23.7. The van der Waals surface area contributed by atoms with Gasteiger partial charge in [-0.2, -0.15) is 0 Å². The van der Waals surface area contributed by atoms with Crippen LogP contribution in [-0.2, 0) is 11.8 Å². The third-order valence-electron chi connectivity index (χ3n) is 6.71. The van der Waals surface area contributed by atoms with Gasteiger partial charge in [-0.25, -0.2) is 0 Å².